The van der Waals surface area contributed by atoms with Gasteiger partial charge in [0.2, 0.25) is 5.91 Å². The molecule has 32 heavy (non-hydrogen) atoms. The summed E-state index contributed by atoms with van der Waals surface area (Å²) >= 11 is 0. The molecule has 0 bridgehead atoms. The zero-order valence-corrected chi connectivity index (χ0v) is 17.5. The molecule has 0 aliphatic heterocycles. The van der Waals surface area contributed by atoms with E-state index in [9.17, 15) is 14.4 Å². The molecule has 0 radical (unpaired) electrons. The number of benzene rings is 3. The monoisotopic (exact) mass is 429 g/mol. The van der Waals surface area contributed by atoms with Crippen LogP contribution in [0.5, 0.6) is 0 Å². The summed E-state index contributed by atoms with van der Waals surface area (Å²) in [5.41, 5.74) is 3.15. The van der Waals surface area contributed by atoms with Gasteiger partial charge in [-0.2, -0.15) is 0 Å². The summed E-state index contributed by atoms with van der Waals surface area (Å²) in [5.74, 6) is -0.311. The molecule has 3 N–H and O–H groups in total. The van der Waals surface area contributed by atoms with Crippen LogP contribution >= 0.6 is 0 Å². The van der Waals surface area contributed by atoms with E-state index in [1.165, 1.54) is 4.57 Å². The van der Waals surface area contributed by atoms with Gasteiger partial charge in [-0.15, -0.1) is 0 Å². The molecule has 0 saturated carbocycles. The van der Waals surface area contributed by atoms with Crippen molar-refractivity contribution >= 4 is 40.0 Å². The number of nitrogens with zero attached hydrogens (tertiary/aromatic N) is 2. The molecule has 3 amide bonds. The van der Waals surface area contributed by atoms with Crippen LogP contribution in [0.2, 0.25) is 0 Å². The molecule has 0 atom stereocenters. The number of carbonyl (C=O) groups is 2. The summed E-state index contributed by atoms with van der Waals surface area (Å²) in [5, 5.41) is 8.27. The molecule has 162 valence electrons. The Kier molecular flexibility index (Phi) is 6.03. The molecule has 0 saturated heterocycles. The summed E-state index contributed by atoms with van der Waals surface area (Å²) in [6, 6.07) is 22.9. The van der Waals surface area contributed by atoms with E-state index in [1.54, 1.807) is 41.0 Å². The largest absolute Gasteiger partial charge is 0.329 e. The van der Waals surface area contributed by atoms with Crippen molar-refractivity contribution in [2.24, 2.45) is 0 Å². The fraction of sp³-hybridized carbons (Fsp3) is 0.125. The Morgan fingerprint density at radius 1 is 0.688 bits per heavy atom. The van der Waals surface area contributed by atoms with E-state index in [1.807, 2.05) is 49.4 Å². The van der Waals surface area contributed by atoms with Crippen molar-refractivity contribution in [3.8, 4) is 0 Å². The van der Waals surface area contributed by atoms with Crippen molar-refractivity contribution in [3.05, 3.63) is 89.3 Å². The number of para-hydroxylation sites is 3. The van der Waals surface area contributed by atoms with Gasteiger partial charge in [0.25, 0.3) is 0 Å². The first-order chi connectivity index (χ1) is 15.5. The second kappa shape index (κ2) is 9.22. The van der Waals surface area contributed by atoms with E-state index in [-0.39, 0.29) is 24.2 Å². The third kappa shape index (κ3) is 4.54. The van der Waals surface area contributed by atoms with E-state index in [2.05, 4.69) is 16.0 Å². The number of fused-ring (bicyclic) bond motifs is 1. The number of urea groups is 1. The Balaban J connectivity index is 1.39. The van der Waals surface area contributed by atoms with Gasteiger partial charge in [0, 0.05) is 23.6 Å². The molecule has 3 aromatic carbocycles. The van der Waals surface area contributed by atoms with Crippen molar-refractivity contribution in [2.45, 2.75) is 20.0 Å². The number of hydrogen-bond acceptors (Lipinski definition) is 3. The van der Waals surface area contributed by atoms with E-state index in [0.717, 1.165) is 11.0 Å². The Bertz CT molecular complexity index is 1310. The molecule has 4 rings (SSSR count). The summed E-state index contributed by atoms with van der Waals surface area (Å²) in [4.78, 5) is 37.4. The third-order valence-electron chi connectivity index (χ3n) is 5.00. The van der Waals surface area contributed by atoms with E-state index in [0.29, 0.717) is 23.6 Å². The van der Waals surface area contributed by atoms with Crippen LogP contribution in [0.25, 0.3) is 11.0 Å². The summed E-state index contributed by atoms with van der Waals surface area (Å²) in [7, 11) is 0. The second-order valence-electron chi connectivity index (χ2n) is 7.17. The number of imidazole rings is 1. The molecule has 0 spiro atoms. The SMILES string of the molecule is CCn1c(=O)n(CC(=O)Nc2ccc(NC(=O)Nc3ccccc3)cc2)c2ccccc21. The van der Waals surface area contributed by atoms with Gasteiger partial charge in [0.05, 0.1) is 11.0 Å². The lowest BCUT2D eigenvalue weighted by Gasteiger charge is -2.09. The highest BCUT2D eigenvalue weighted by Crippen LogP contribution is 2.16. The Hall–Kier alpha value is -4.33. The minimum absolute atomic E-state index is 0.0914. The second-order valence-corrected chi connectivity index (χ2v) is 7.17. The molecule has 0 aliphatic rings. The molecule has 0 fully saturated rings. The van der Waals surface area contributed by atoms with Gasteiger partial charge >= 0.3 is 11.7 Å². The molecule has 8 heteroatoms. The maximum atomic E-state index is 12.7. The topological polar surface area (TPSA) is 97.2 Å². The van der Waals surface area contributed by atoms with Crippen molar-refractivity contribution in [2.75, 3.05) is 16.0 Å². The smallest absolute Gasteiger partial charge is 0.325 e. The Morgan fingerprint density at radius 3 is 1.78 bits per heavy atom. The van der Waals surface area contributed by atoms with Crippen LogP contribution in [-0.4, -0.2) is 21.1 Å². The molecular weight excluding hydrogens is 406 g/mol. The Morgan fingerprint density at radius 2 is 1.19 bits per heavy atom. The van der Waals surface area contributed by atoms with Crippen molar-refractivity contribution < 1.29 is 9.59 Å². The molecule has 8 nitrogen and oxygen atoms in total. The minimum Gasteiger partial charge on any atom is -0.325 e. The maximum absolute atomic E-state index is 12.7. The number of nitrogens with one attached hydrogen (secondary N) is 3. The summed E-state index contributed by atoms with van der Waals surface area (Å²) in [6.45, 7) is 2.33. The van der Waals surface area contributed by atoms with Crippen LogP contribution in [0, 0.1) is 0 Å². The van der Waals surface area contributed by atoms with Gasteiger partial charge in [0.1, 0.15) is 6.54 Å². The van der Waals surface area contributed by atoms with Crippen LogP contribution in [-0.2, 0) is 17.9 Å². The first-order valence-electron chi connectivity index (χ1n) is 10.3. The number of rotatable bonds is 6. The lowest BCUT2D eigenvalue weighted by Crippen LogP contribution is -2.29. The van der Waals surface area contributed by atoms with Crippen LogP contribution in [0.3, 0.4) is 0 Å². The molecule has 0 unspecified atom stereocenters. The van der Waals surface area contributed by atoms with E-state index in [4.69, 9.17) is 0 Å². The number of amides is 3. The minimum atomic E-state index is -0.361. The lowest BCUT2D eigenvalue weighted by molar-refractivity contribution is -0.116. The molecule has 1 aromatic heterocycles. The number of aromatic nitrogens is 2. The average molecular weight is 429 g/mol. The predicted octanol–water partition coefficient (Wildman–Crippen LogP) is 4.11. The molecule has 4 aromatic rings. The fourth-order valence-electron chi connectivity index (χ4n) is 3.53. The predicted molar refractivity (Wildman–Crippen MR) is 126 cm³/mol. The highest BCUT2D eigenvalue weighted by atomic mass is 16.2. The number of hydrogen-bond donors (Lipinski definition) is 3. The standard InChI is InChI=1S/C24H23N5O3/c1-2-28-20-10-6-7-11-21(20)29(24(28)32)16-22(30)25-18-12-14-19(15-13-18)27-23(31)26-17-8-4-3-5-9-17/h3-15H,2,16H2,1H3,(H,25,30)(H2,26,27,31). The number of carbonyl (C=O) groups excluding carboxylic acids is 2. The van der Waals surface area contributed by atoms with Gasteiger partial charge in [0.15, 0.2) is 0 Å². The molecule has 1 heterocycles. The van der Waals surface area contributed by atoms with Gasteiger partial charge < -0.3 is 16.0 Å². The van der Waals surface area contributed by atoms with Crippen LogP contribution in [0.1, 0.15) is 6.92 Å². The van der Waals surface area contributed by atoms with Crippen LogP contribution in [0.15, 0.2) is 83.7 Å². The van der Waals surface area contributed by atoms with E-state index < -0.39 is 0 Å². The number of aryl methyl sites for hydroxylation is 1. The van der Waals surface area contributed by atoms with Gasteiger partial charge in [-0.1, -0.05) is 30.3 Å². The number of anilines is 3. The van der Waals surface area contributed by atoms with Gasteiger partial charge in [-0.05, 0) is 55.5 Å². The first-order valence-corrected chi connectivity index (χ1v) is 10.3. The highest BCUT2D eigenvalue weighted by molar-refractivity contribution is 6.00. The quantitative estimate of drug-likeness (QED) is 0.430. The van der Waals surface area contributed by atoms with Crippen LogP contribution in [0.4, 0.5) is 21.9 Å². The lowest BCUT2D eigenvalue weighted by atomic mass is 10.2. The van der Waals surface area contributed by atoms with E-state index >= 15 is 0 Å². The zero-order chi connectivity index (χ0) is 22.5. The third-order valence-corrected chi connectivity index (χ3v) is 5.00. The normalized spacial score (nSPS) is 10.7. The first kappa shape index (κ1) is 20.9. The zero-order valence-electron chi connectivity index (χ0n) is 17.5. The van der Waals surface area contributed by atoms with Gasteiger partial charge in [-0.25, -0.2) is 9.59 Å². The summed E-state index contributed by atoms with van der Waals surface area (Å²) in [6.07, 6.45) is 0. The summed E-state index contributed by atoms with van der Waals surface area (Å²) < 4.78 is 3.11. The van der Waals surface area contributed by atoms with Crippen molar-refractivity contribution in [1.82, 2.24) is 9.13 Å². The fourth-order valence-corrected chi connectivity index (χ4v) is 3.53. The van der Waals surface area contributed by atoms with Gasteiger partial charge in [-0.3, -0.25) is 13.9 Å². The Labute approximate surface area is 184 Å². The van der Waals surface area contributed by atoms with Crippen molar-refractivity contribution in [1.29, 1.82) is 0 Å². The van der Waals surface area contributed by atoms with Crippen molar-refractivity contribution in [3.63, 3.8) is 0 Å². The average Bonchev–Trinajstić information content (AvgIpc) is 3.06. The molecule has 0 aliphatic carbocycles. The molecular formula is C24H23N5O3. The van der Waals surface area contributed by atoms with Crippen LogP contribution < -0.4 is 21.6 Å². The maximum Gasteiger partial charge on any atom is 0.329 e. The highest BCUT2D eigenvalue weighted by Gasteiger charge is 2.14.